The Balaban J connectivity index is 4.43. The van der Waals surface area contributed by atoms with Crippen LogP contribution in [0.2, 0.25) is 0 Å². The highest BCUT2D eigenvalue weighted by Crippen LogP contribution is 2.16. The zero-order valence-corrected chi connectivity index (χ0v) is 35.9. The first-order chi connectivity index (χ1) is 26.8. The van der Waals surface area contributed by atoms with Crippen molar-refractivity contribution < 1.29 is 48.3 Å². The summed E-state index contributed by atoms with van der Waals surface area (Å²) in [5.41, 5.74) is 0. The van der Waals surface area contributed by atoms with Crippen LogP contribution < -0.4 is 0 Å². The second kappa shape index (κ2) is 40.4. The fourth-order valence-electron chi connectivity index (χ4n) is 6.74. The van der Waals surface area contributed by atoms with E-state index in [9.17, 15) is 24.6 Å². The molecule has 0 fully saturated rings. The number of esters is 3. The van der Waals surface area contributed by atoms with Gasteiger partial charge in [-0.15, -0.1) is 0 Å². The average Bonchev–Trinajstić information content (AvgIpc) is 3.18. The van der Waals surface area contributed by atoms with Gasteiger partial charge in [-0.05, 0) is 77.2 Å². The van der Waals surface area contributed by atoms with Crippen molar-refractivity contribution in [3.05, 3.63) is 0 Å². The number of carbonyl (C=O) groups excluding carboxylic acids is 3. The van der Waals surface area contributed by atoms with Crippen molar-refractivity contribution in [3.8, 4) is 0 Å². The molecule has 0 saturated carbocycles. The molecule has 55 heavy (non-hydrogen) atoms. The van der Waals surface area contributed by atoms with E-state index in [1.807, 2.05) is 0 Å². The molecule has 0 spiro atoms. The fraction of sp³-hybridized carbons (Fsp3) is 0.932. The topological polar surface area (TPSA) is 141 Å². The first-order valence-corrected chi connectivity index (χ1v) is 22.3. The Kier molecular flexibility index (Phi) is 39.1. The Morgan fingerprint density at radius 2 is 1.05 bits per heavy atom. The van der Waals surface area contributed by atoms with Gasteiger partial charge in [0, 0.05) is 51.5 Å². The van der Waals surface area contributed by atoms with Crippen molar-refractivity contribution in [1.82, 2.24) is 4.90 Å². The van der Waals surface area contributed by atoms with E-state index in [1.165, 1.54) is 46.3 Å². The van der Waals surface area contributed by atoms with Crippen molar-refractivity contribution in [1.29, 1.82) is 0 Å². The molecule has 0 aliphatic heterocycles. The van der Waals surface area contributed by atoms with E-state index in [0.29, 0.717) is 71.1 Å². The molecular weight excluding hydrogens is 702 g/mol. The molecule has 2 atom stereocenters. The molecule has 0 aromatic heterocycles. The minimum absolute atomic E-state index is 0.0323. The maximum atomic E-state index is 12.4. The van der Waals surface area contributed by atoms with Crippen molar-refractivity contribution in [3.63, 3.8) is 0 Å². The van der Waals surface area contributed by atoms with Gasteiger partial charge < -0.3 is 33.9 Å². The normalized spacial score (nSPS) is 12.7. The van der Waals surface area contributed by atoms with Crippen LogP contribution in [0.3, 0.4) is 0 Å². The number of hydrogen-bond donors (Lipinski definition) is 2. The summed E-state index contributed by atoms with van der Waals surface area (Å²) in [6.45, 7) is 8.95. The van der Waals surface area contributed by atoms with Crippen LogP contribution in [-0.2, 0) is 38.1 Å². The van der Waals surface area contributed by atoms with Gasteiger partial charge in [-0.3, -0.25) is 19.3 Å². The number of rotatable bonds is 42. The molecule has 326 valence electrons. The van der Waals surface area contributed by atoms with Gasteiger partial charge in [0.1, 0.15) is 6.10 Å². The highest BCUT2D eigenvalue weighted by Gasteiger charge is 2.15. The number of unbranched alkanes of at least 4 members (excludes halogenated alkanes) is 14. The largest absolute Gasteiger partial charge is 0.469 e. The van der Waals surface area contributed by atoms with Crippen molar-refractivity contribution >= 4 is 17.9 Å². The van der Waals surface area contributed by atoms with Crippen LogP contribution in [0.4, 0.5) is 0 Å². The lowest BCUT2D eigenvalue weighted by Crippen LogP contribution is -2.35. The zero-order valence-electron chi connectivity index (χ0n) is 35.9. The number of aliphatic hydroxyl groups is 2. The summed E-state index contributed by atoms with van der Waals surface area (Å²) in [4.78, 5) is 37.1. The third-order valence-electron chi connectivity index (χ3n) is 10.3. The van der Waals surface area contributed by atoms with E-state index in [-0.39, 0.29) is 30.6 Å². The summed E-state index contributed by atoms with van der Waals surface area (Å²) in [5.74, 6) is -0.115. The summed E-state index contributed by atoms with van der Waals surface area (Å²) < 4.78 is 27.3. The van der Waals surface area contributed by atoms with Gasteiger partial charge in [-0.25, -0.2) is 0 Å². The molecule has 0 aliphatic carbocycles. The molecule has 1 unspecified atom stereocenters. The molecule has 0 aliphatic rings. The van der Waals surface area contributed by atoms with E-state index in [2.05, 4.69) is 18.7 Å². The first-order valence-electron chi connectivity index (χ1n) is 22.3. The molecule has 0 heterocycles. The highest BCUT2D eigenvalue weighted by atomic mass is 16.5. The Morgan fingerprint density at radius 1 is 0.564 bits per heavy atom. The summed E-state index contributed by atoms with van der Waals surface area (Å²) >= 11 is 0. The third-order valence-corrected chi connectivity index (χ3v) is 10.3. The van der Waals surface area contributed by atoms with Crippen LogP contribution in [-0.4, -0.2) is 112 Å². The molecular formula is C44H85NO10. The van der Waals surface area contributed by atoms with Crippen molar-refractivity contribution in [2.45, 2.75) is 193 Å². The Hall–Kier alpha value is -1.79. The molecule has 11 nitrogen and oxygen atoms in total. The molecule has 0 radical (unpaired) electrons. The number of methoxy groups -OCH3 is 2. The minimum Gasteiger partial charge on any atom is -0.469 e. The Morgan fingerprint density at radius 3 is 1.62 bits per heavy atom. The summed E-state index contributed by atoms with van der Waals surface area (Å²) in [7, 11) is 2.85. The van der Waals surface area contributed by atoms with E-state index in [4.69, 9.17) is 23.7 Å². The van der Waals surface area contributed by atoms with Gasteiger partial charge in [0.25, 0.3) is 0 Å². The summed E-state index contributed by atoms with van der Waals surface area (Å²) in [6, 6.07) is 0. The number of nitrogens with zero attached hydrogens (tertiary/aromatic N) is 1. The van der Waals surface area contributed by atoms with Gasteiger partial charge in [0.05, 0.1) is 40.1 Å². The second-order valence-electron chi connectivity index (χ2n) is 15.3. The number of aliphatic hydroxyl groups excluding tert-OH is 2. The van der Waals surface area contributed by atoms with Crippen LogP contribution >= 0.6 is 0 Å². The molecule has 0 aromatic rings. The van der Waals surface area contributed by atoms with Crippen molar-refractivity contribution in [2.75, 3.05) is 66.9 Å². The van der Waals surface area contributed by atoms with E-state index >= 15 is 0 Å². The smallest absolute Gasteiger partial charge is 0.306 e. The molecule has 2 N–H and O–H groups in total. The van der Waals surface area contributed by atoms with Crippen LogP contribution in [0.1, 0.15) is 181 Å². The van der Waals surface area contributed by atoms with Crippen LogP contribution in [0.15, 0.2) is 0 Å². The van der Waals surface area contributed by atoms with Gasteiger partial charge in [-0.1, -0.05) is 90.9 Å². The fourth-order valence-corrected chi connectivity index (χ4v) is 6.74. The third kappa shape index (κ3) is 36.3. The SMILES string of the molecule is CCCCCCCCC(CC)OC(=O)CCCCC[C@@H](O)CN(CCO)CCCCC(COCCCCCCC(=O)OC)COCCCCCCC(=O)OC. The predicted molar refractivity (Wildman–Crippen MR) is 220 cm³/mol. The van der Waals surface area contributed by atoms with Crippen LogP contribution in [0.25, 0.3) is 0 Å². The predicted octanol–water partition coefficient (Wildman–Crippen LogP) is 8.73. The Labute approximate surface area is 336 Å². The van der Waals surface area contributed by atoms with Gasteiger partial charge in [0.2, 0.25) is 0 Å². The van der Waals surface area contributed by atoms with Crippen LogP contribution in [0.5, 0.6) is 0 Å². The number of carbonyl (C=O) groups is 3. The van der Waals surface area contributed by atoms with E-state index in [0.717, 1.165) is 116 Å². The van der Waals surface area contributed by atoms with Gasteiger partial charge in [0.15, 0.2) is 0 Å². The molecule has 0 saturated heterocycles. The number of hydrogen-bond acceptors (Lipinski definition) is 11. The minimum atomic E-state index is -0.462. The standard InChI is InChI=1S/C44H85NO10/c1-5-7-8-9-10-17-27-41(6-2)55-44(50)30-20-15-16-26-40(47)36-45(32-33-46)31-22-21-25-39(37-53-34-23-13-11-18-28-42(48)51-3)38-54-35-24-14-12-19-29-43(49)52-4/h39-41,46-47H,5-38H2,1-4H3/t40-,41?/m1/s1. The zero-order chi connectivity index (χ0) is 40.6. The monoisotopic (exact) mass is 788 g/mol. The lowest BCUT2D eigenvalue weighted by atomic mass is 10.0. The number of ether oxygens (including phenoxy) is 5. The molecule has 0 rings (SSSR count). The van der Waals surface area contributed by atoms with E-state index < -0.39 is 6.10 Å². The van der Waals surface area contributed by atoms with Crippen molar-refractivity contribution in [2.24, 2.45) is 5.92 Å². The summed E-state index contributed by atoms with van der Waals surface area (Å²) in [6.07, 6.45) is 24.0. The molecule has 0 bridgehead atoms. The van der Waals surface area contributed by atoms with E-state index in [1.54, 1.807) is 0 Å². The highest BCUT2D eigenvalue weighted by molar-refractivity contribution is 5.69. The second-order valence-corrected chi connectivity index (χ2v) is 15.3. The molecule has 0 aromatic carbocycles. The van der Waals surface area contributed by atoms with Gasteiger partial charge in [-0.2, -0.15) is 0 Å². The molecule has 11 heteroatoms. The first kappa shape index (κ1) is 53.2. The maximum Gasteiger partial charge on any atom is 0.306 e. The quantitative estimate of drug-likeness (QED) is 0.0349. The Bertz CT molecular complexity index is 844. The van der Waals surface area contributed by atoms with Gasteiger partial charge >= 0.3 is 17.9 Å². The van der Waals surface area contributed by atoms with Crippen LogP contribution in [0, 0.1) is 5.92 Å². The summed E-state index contributed by atoms with van der Waals surface area (Å²) in [5, 5.41) is 20.4. The molecule has 0 amide bonds. The maximum absolute atomic E-state index is 12.4. The average molecular weight is 788 g/mol. The lowest BCUT2D eigenvalue weighted by Gasteiger charge is -2.25. The lowest BCUT2D eigenvalue weighted by molar-refractivity contribution is -0.149.